The fourth-order valence-electron chi connectivity index (χ4n) is 3.02. The number of hydrogen-bond donors (Lipinski definition) is 0. The van der Waals surface area contributed by atoms with Crippen LogP contribution in [-0.4, -0.2) is 28.0 Å². The molecule has 0 radical (unpaired) electrons. The summed E-state index contributed by atoms with van der Waals surface area (Å²) in [5.74, 6) is -0.0184. The average Bonchev–Trinajstić information content (AvgIpc) is 3.03. The van der Waals surface area contributed by atoms with Gasteiger partial charge in [-0.15, -0.1) is 0 Å². The number of nitrogens with zero attached hydrogens (tertiary/aromatic N) is 2. The molecule has 0 bridgehead atoms. The first kappa shape index (κ1) is 18.6. The molecule has 0 fully saturated rings. The first-order valence-corrected chi connectivity index (χ1v) is 8.74. The maximum Gasteiger partial charge on any atom is 0.223 e. The zero-order valence-corrected chi connectivity index (χ0v) is 15.9. The fourth-order valence-corrected chi connectivity index (χ4v) is 3.02. The highest BCUT2D eigenvalue weighted by atomic mass is 16.5. The Morgan fingerprint density at radius 2 is 1.74 bits per heavy atom. The predicted molar refractivity (Wildman–Crippen MR) is 104 cm³/mol. The molecule has 2 aromatic carbocycles. The van der Waals surface area contributed by atoms with Crippen LogP contribution in [-0.2, 0) is 7.05 Å². The quantitative estimate of drug-likeness (QED) is 0.625. The zero-order valence-electron chi connectivity index (χ0n) is 15.9. The molecule has 0 atom stereocenters. The van der Waals surface area contributed by atoms with E-state index in [2.05, 4.69) is 5.10 Å². The van der Waals surface area contributed by atoms with Gasteiger partial charge in [-0.3, -0.25) is 9.59 Å². The van der Waals surface area contributed by atoms with Crippen LogP contribution in [0.1, 0.15) is 43.0 Å². The van der Waals surface area contributed by atoms with Crippen LogP contribution < -0.4 is 4.74 Å². The molecule has 0 saturated carbocycles. The Morgan fingerprint density at radius 3 is 2.44 bits per heavy atom. The summed E-state index contributed by atoms with van der Waals surface area (Å²) in [5, 5.41) is 4.15. The first-order valence-electron chi connectivity index (χ1n) is 8.74. The number of carbonyl (C=O) groups is 2. The molecule has 0 saturated heterocycles. The van der Waals surface area contributed by atoms with Crippen LogP contribution in [0.15, 0.2) is 48.7 Å². The number of benzene rings is 2. The molecule has 27 heavy (non-hydrogen) atoms. The molecular weight excluding hydrogens is 340 g/mol. The standard InChI is InChI=1S/C22H22N2O3/c1-14-10-15(2)16(3)18(11-14)21(26)19-12-23-24(4)22(19)27-13-20(25)17-8-6-5-7-9-17/h5-12H,13H2,1-4H3. The number of Topliss-reactive ketones (excluding diaryl/α,β-unsaturated/α-hetero) is 1. The van der Waals surface area contributed by atoms with Gasteiger partial charge in [0.25, 0.3) is 0 Å². The molecule has 0 aliphatic rings. The summed E-state index contributed by atoms with van der Waals surface area (Å²) < 4.78 is 7.17. The second kappa shape index (κ2) is 7.58. The minimum absolute atomic E-state index is 0.155. The largest absolute Gasteiger partial charge is 0.469 e. The van der Waals surface area contributed by atoms with Crippen molar-refractivity contribution in [3.05, 3.63) is 82.0 Å². The third kappa shape index (κ3) is 3.82. The number of ketones is 2. The Balaban J connectivity index is 1.87. The van der Waals surface area contributed by atoms with Gasteiger partial charge >= 0.3 is 0 Å². The Hall–Kier alpha value is -3.21. The van der Waals surface area contributed by atoms with Crippen molar-refractivity contribution in [2.45, 2.75) is 20.8 Å². The number of hydrogen-bond acceptors (Lipinski definition) is 4. The summed E-state index contributed by atoms with van der Waals surface area (Å²) >= 11 is 0. The van der Waals surface area contributed by atoms with Crippen molar-refractivity contribution in [1.82, 2.24) is 9.78 Å². The van der Waals surface area contributed by atoms with E-state index in [-0.39, 0.29) is 18.2 Å². The lowest BCUT2D eigenvalue weighted by Crippen LogP contribution is -2.15. The molecule has 0 unspecified atom stereocenters. The van der Waals surface area contributed by atoms with Crippen LogP contribution in [0.4, 0.5) is 0 Å². The minimum atomic E-state index is -0.158. The lowest BCUT2D eigenvalue weighted by molar-refractivity contribution is 0.0908. The predicted octanol–water partition coefficient (Wildman–Crippen LogP) is 3.84. The summed E-state index contributed by atoms with van der Waals surface area (Å²) in [6.45, 7) is 5.72. The fraction of sp³-hybridized carbons (Fsp3) is 0.227. The molecule has 3 aromatic rings. The van der Waals surface area contributed by atoms with Gasteiger partial charge in [0, 0.05) is 18.2 Å². The van der Waals surface area contributed by atoms with Crippen LogP contribution in [0, 0.1) is 20.8 Å². The van der Waals surface area contributed by atoms with Gasteiger partial charge in [-0.05, 0) is 38.0 Å². The van der Waals surface area contributed by atoms with Gasteiger partial charge in [-0.25, -0.2) is 4.68 Å². The lowest BCUT2D eigenvalue weighted by atomic mass is 9.95. The third-order valence-corrected chi connectivity index (χ3v) is 4.62. The van der Waals surface area contributed by atoms with E-state index < -0.39 is 0 Å². The number of carbonyl (C=O) groups excluding carboxylic acids is 2. The molecule has 1 aromatic heterocycles. The average molecular weight is 362 g/mol. The van der Waals surface area contributed by atoms with Crippen LogP contribution in [0.25, 0.3) is 0 Å². The molecule has 0 aliphatic carbocycles. The van der Waals surface area contributed by atoms with Crippen molar-refractivity contribution in [2.75, 3.05) is 6.61 Å². The van der Waals surface area contributed by atoms with E-state index in [1.54, 1.807) is 31.3 Å². The lowest BCUT2D eigenvalue weighted by Gasteiger charge is -2.11. The van der Waals surface area contributed by atoms with Crippen LogP contribution in [0.2, 0.25) is 0 Å². The number of aryl methyl sites for hydroxylation is 3. The van der Waals surface area contributed by atoms with Crippen LogP contribution in [0.3, 0.4) is 0 Å². The Morgan fingerprint density at radius 1 is 1.04 bits per heavy atom. The van der Waals surface area contributed by atoms with E-state index in [1.807, 2.05) is 39.0 Å². The molecule has 0 spiro atoms. The maximum atomic E-state index is 13.1. The van der Waals surface area contributed by atoms with Crippen molar-refractivity contribution in [3.8, 4) is 5.88 Å². The summed E-state index contributed by atoms with van der Waals surface area (Å²) in [7, 11) is 1.69. The molecule has 5 nitrogen and oxygen atoms in total. The second-order valence-electron chi connectivity index (χ2n) is 6.65. The van der Waals surface area contributed by atoms with Gasteiger partial charge < -0.3 is 4.74 Å². The highest BCUT2D eigenvalue weighted by Crippen LogP contribution is 2.25. The molecule has 1 heterocycles. The van der Waals surface area contributed by atoms with E-state index in [4.69, 9.17) is 4.74 Å². The van der Waals surface area contributed by atoms with E-state index >= 15 is 0 Å². The number of ether oxygens (including phenoxy) is 1. The monoisotopic (exact) mass is 362 g/mol. The molecule has 3 rings (SSSR count). The van der Waals surface area contributed by atoms with E-state index in [0.717, 1.165) is 16.7 Å². The molecule has 0 aliphatic heterocycles. The summed E-state index contributed by atoms with van der Waals surface area (Å²) in [4.78, 5) is 25.4. The Bertz CT molecular complexity index is 1000. The van der Waals surface area contributed by atoms with Gasteiger partial charge in [-0.1, -0.05) is 42.0 Å². The van der Waals surface area contributed by atoms with E-state index in [9.17, 15) is 9.59 Å². The summed E-state index contributed by atoms with van der Waals surface area (Å²) in [5.41, 5.74) is 4.56. The van der Waals surface area contributed by atoms with E-state index in [1.165, 1.54) is 10.9 Å². The van der Waals surface area contributed by atoms with Gasteiger partial charge in [0.05, 0.1) is 6.20 Å². The van der Waals surface area contributed by atoms with Crippen molar-refractivity contribution in [3.63, 3.8) is 0 Å². The number of aromatic nitrogens is 2. The third-order valence-electron chi connectivity index (χ3n) is 4.62. The van der Waals surface area contributed by atoms with Crippen LogP contribution >= 0.6 is 0 Å². The minimum Gasteiger partial charge on any atom is -0.469 e. The molecular formula is C22H22N2O3. The Labute approximate surface area is 158 Å². The van der Waals surface area contributed by atoms with Gasteiger partial charge in [0.2, 0.25) is 5.88 Å². The van der Waals surface area contributed by atoms with Gasteiger partial charge in [0.15, 0.2) is 18.2 Å². The van der Waals surface area contributed by atoms with Crippen molar-refractivity contribution >= 4 is 11.6 Å². The normalized spacial score (nSPS) is 10.7. The highest BCUT2D eigenvalue weighted by Gasteiger charge is 2.22. The SMILES string of the molecule is Cc1cc(C)c(C)c(C(=O)c2cnn(C)c2OCC(=O)c2ccccc2)c1. The van der Waals surface area contributed by atoms with E-state index in [0.29, 0.717) is 22.6 Å². The first-order chi connectivity index (χ1) is 12.9. The zero-order chi connectivity index (χ0) is 19.6. The smallest absolute Gasteiger partial charge is 0.223 e. The molecule has 138 valence electrons. The Kier molecular flexibility index (Phi) is 5.21. The highest BCUT2D eigenvalue weighted by molar-refractivity contribution is 6.11. The van der Waals surface area contributed by atoms with Crippen molar-refractivity contribution in [2.24, 2.45) is 7.05 Å². The van der Waals surface area contributed by atoms with Crippen molar-refractivity contribution < 1.29 is 14.3 Å². The maximum absolute atomic E-state index is 13.1. The summed E-state index contributed by atoms with van der Waals surface area (Å²) in [6.07, 6.45) is 1.49. The number of rotatable bonds is 6. The van der Waals surface area contributed by atoms with Gasteiger partial charge in [0.1, 0.15) is 5.56 Å². The second-order valence-corrected chi connectivity index (χ2v) is 6.65. The molecule has 0 amide bonds. The van der Waals surface area contributed by atoms with Crippen LogP contribution in [0.5, 0.6) is 5.88 Å². The molecule has 5 heteroatoms. The summed E-state index contributed by atoms with van der Waals surface area (Å²) in [6, 6.07) is 12.8. The van der Waals surface area contributed by atoms with Crippen molar-refractivity contribution in [1.29, 1.82) is 0 Å². The molecule has 0 N–H and O–H groups in total. The topological polar surface area (TPSA) is 61.2 Å². The van der Waals surface area contributed by atoms with Gasteiger partial charge in [-0.2, -0.15) is 5.10 Å².